The van der Waals surface area contributed by atoms with Crippen molar-refractivity contribution in [1.29, 1.82) is 0 Å². The molecule has 2 aliphatic heterocycles. The molecule has 2 aromatic carbocycles. The number of piperidine rings is 1. The molecule has 4 nitrogen and oxygen atoms in total. The molecule has 1 fully saturated rings. The zero-order chi connectivity index (χ0) is 21.4. The van der Waals surface area contributed by atoms with Gasteiger partial charge in [-0.05, 0) is 54.9 Å². The maximum atomic E-state index is 13.6. The van der Waals surface area contributed by atoms with Crippen molar-refractivity contribution in [1.82, 2.24) is 4.90 Å². The number of carbonyl (C=O) groups excluding carboxylic acids is 2. The molecule has 2 heterocycles. The molecule has 4 heteroatoms. The van der Waals surface area contributed by atoms with Crippen LogP contribution in [-0.2, 0) is 9.59 Å². The molecule has 0 atom stereocenters. The zero-order valence-corrected chi connectivity index (χ0v) is 18.3. The Morgan fingerprint density at radius 2 is 1.47 bits per heavy atom. The summed E-state index contributed by atoms with van der Waals surface area (Å²) < 4.78 is 0. The van der Waals surface area contributed by atoms with Crippen molar-refractivity contribution in [3.63, 3.8) is 0 Å². The Bertz CT molecular complexity index is 979. The van der Waals surface area contributed by atoms with Gasteiger partial charge in [0.1, 0.15) is 5.70 Å². The second-order valence-corrected chi connectivity index (χ2v) is 8.95. The minimum Gasteiger partial charge on any atom is -0.366 e. The van der Waals surface area contributed by atoms with Crippen LogP contribution >= 0.6 is 0 Å². The quantitative estimate of drug-likeness (QED) is 0.665. The van der Waals surface area contributed by atoms with Gasteiger partial charge in [0.15, 0.2) is 0 Å². The predicted molar refractivity (Wildman–Crippen MR) is 121 cm³/mol. The smallest absolute Gasteiger partial charge is 0.282 e. The van der Waals surface area contributed by atoms with E-state index < -0.39 is 0 Å². The zero-order valence-electron chi connectivity index (χ0n) is 18.3. The normalized spacial score (nSPS) is 18.2. The molecule has 0 aromatic heterocycles. The topological polar surface area (TPSA) is 40.6 Å². The number of amides is 2. The summed E-state index contributed by atoms with van der Waals surface area (Å²) >= 11 is 0. The van der Waals surface area contributed by atoms with Gasteiger partial charge in [0.25, 0.3) is 11.8 Å². The molecule has 1 saturated heterocycles. The number of likely N-dealkylation sites (tertiary alicyclic amines) is 1. The van der Waals surface area contributed by atoms with Gasteiger partial charge in [0.2, 0.25) is 0 Å². The molecule has 0 saturated carbocycles. The number of imide groups is 1. The average Bonchev–Trinajstić information content (AvgIpc) is 2.99. The van der Waals surface area contributed by atoms with E-state index in [0.29, 0.717) is 28.8 Å². The van der Waals surface area contributed by atoms with Crippen LogP contribution in [0.1, 0.15) is 56.2 Å². The van der Waals surface area contributed by atoms with Crippen LogP contribution in [0.3, 0.4) is 0 Å². The van der Waals surface area contributed by atoms with Gasteiger partial charge in [-0.2, -0.15) is 0 Å². The third-order valence-corrected chi connectivity index (χ3v) is 6.32. The highest BCUT2D eigenvalue weighted by molar-refractivity contribution is 6.45. The molecule has 4 rings (SSSR count). The highest BCUT2D eigenvalue weighted by atomic mass is 16.2. The number of hydrogen-bond acceptors (Lipinski definition) is 3. The molecule has 0 radical (unpaired) electrons. The average molecular weight is 403 g/mol. The molecule has 0 spiro atoms. The minimum atomic E-state index is -0.227. The van der Waals surface area contributed by atoms with Crippen LogP contribution in [0.25, 0.3) is 5.57 Å². The van der Waals surface area contributed by atoms with Crippen LogP contribution in [0.15, 0.2) is 54.2 Å². The lowest BCUT2D eigenvalue weighted by atomic mass is 9.97. The van der Waals surface area contributed by atoms with Crippen molar-refractivity contribution in [2.45, 2.75) is 46.5 Å². The van der Waals surface area contributed by atoms with Crippen molar-refractivity contribution in [2.75, 3.05) is 18.0 Å². The Kier molecular flexibility index (Phi) is 5.50. The van der Waals surface area contributed by atoms with Crippen LogP contribution in [0.2, 0.25) is 0 Å². The third-order valence-electron chi connectivity index (χ3n) is 6.32. The van der Waals surface area contributed by atoms with Gasteiger partial charge in [-0.15, -0.1) is 0 Å². The van der Waals surface area contributed by atoms with Gasteiger partial charge in [-0.1, -0.05) is 62.7 Å². The highest BCUT2D eigenvalue weighted by Gasteiger charge is 2.42. The molecule has 2 aromatic rings. The van der Waals surface area contributed by atoms with Crippen LogP contribution in [0.5, 0.6) is 0 Å². The van der Waals surface area contributed by atoms with Gasteiger partial charge in [-0.3, -0.25) is 9.59 Å². The second kappa shape index (κ2) is 8.10. The first-order valence-corrected chi connectivity index (χ1v) is 10.9. The molecule has 30 heavy (non-hydrogen) atoms. The number of carbonyl (C=O) groups is 2. The molecule has 2 amide bonds. The fourth-order valence-corrected chi connectivity index (χ4v) is 4.27. The maximum Gasteiger partial charge on any atom is 0.282 e. The largest absolute Gasteiger partial charge is 0.366 e. The second-order valence-electron chi connectivity index (χ2n) is 8.95. The Morgan fingerprint density at radius 1 is 0.867 bits per heavy atom. The van der Waals surface area contributed by atoms with Gasteiger partial charge in [0.05, 0.1) is 11.3 Å². The predicted octanol–water partition coefficient (Wildman–Crippen LogP) is 5.13. The first-order valence-electron chi connectivity index (χ1n) is 10.9. The van der Waals surface area contributed by atoms with E-state index in [4.69, 9.17) is 0 Å². The number of anilines is 1. The van der Waals surface area contributed by atoms with Crippen LogP contribution < -0.4 is 4.90 Å². The maximum absolute atomic E-state index is 13.6. The summed E-state index contributed by atoms with van der Waals surface area (Å²) in [5.41, 5.74) is 4.86. The molecular weight excluding hydrogens is 372 g/mol. The van der Waals surface area contributed by atoms with Crippen molar-refractivity contribution in [3.05, 3.63) is 70.9 Å². The van der Waals surface area contributed by atoms with E-state index in [1.807, 2.05) is 55.5 Å². The molecule has 0 bridgehead atoms. The van der Waals surface area contributed by atoms with Crippen LogP contribution in [-0.4, -0.2) is 29.8 Å². The SMILES string of the molecule is Cc1ccc(C2=C(N3CCC(C)CC3)C(=O)N(c3ccc(C(C)C)cc3)C2=O)cc1. The summed E-state index contributed by atoms with van der Waals surface area (Å²) in [6.45, 7) is 10.2. The van der Waals surface area contributed by atoms with Crippen molar-refractivity contribution >= 4 is 23.1 Å². The number of rotatable bonds is 4. The van der Waals surface area contributed by atoms with Crippen molar-refractivity contribution < 1.29 is 9.59 Å². The molecule has 156 valence electrons. The number of benzene rings is 2. The standard InChI is InChI=1S/C26H30N2O2/c1-17(2)20-9-11-22(12-10-20)28-25(29)23(21-7-5-18(3)6-8-21)24(26(28)30)27-15-13-19(4)14-16-27/h5-12,17,19H,13-16H2,1-4H3. The van der Waals surface area contributed by atoms with E-state index in [1.165, 1.54) is 10.5 Å². The number of hydrogen-bond donors (Lipinski definition) is 0. The van der Waals surface area contributed by atoms with E-state index in [0.717, 1.165) is 37.1 Å². The van der Waals surface area contributed by atoms with E-state index >= 15 is 0 Å². The van der Waals surface area contributed by atoms with Crippen LogP contribution in [0, 0.1) is 12.8 Å². The monoisotopic (exact) mass is 402 g/mol. The van der Waals surface area contributed by atoms with Gasteiger partial charge < -0.3 is 4.90 Å². The Balaban J connectivity index is 1.76. The van der Waals surface area contributed by atoms with Gasteiger partial charge in [-0.25, -0.2) is 4.90 Å². The highest BCUT2D eigenvalue weighted by Crippen LogP contribution is 2.36. The van der Waals surface area contributed by atoms with E-state index in [2.05, 4.69) is 25.7 Å². The summed E-state index contributed by atoms with van der Waals surface area (Å²) in [4.78, 5) is 30.6. The summed E-state index contributed by atoms with van der Waals surface area (Å²) in [7, 11) is 0. The van der Waals surface area contributed by atoms with E-state index in [1.54, 1.807) is 0 Å². The minimum absolute atomic E-state index is 0.206. The number of aryl methyl sites for hydroxylation is 1. The molecule has 0 N–H and O–H groups in total. The first-order chi connectivity index (χ1) is 14.4. The molecule has 2 aliphatic rings. The third kappa shape index (κ3) is 3.67. The fourth-order valence-electron chi connectivity index (χ4n) is 4.27. The fraction of sp³-hybridized carbons (Fsp3) is 0.385. The Hall–Kier alpha value is -2.88. The molecule has 0 aliphatic carbocycles. The summed E-state index contributed by atoms with van der Waals surface area (Å²) in [6.07, 6.45) is 2.07. The summed E-state index contributed by atoms with van der Waals surface area (Å²) in [5.74, 6) is 0.616. The Morgan fingerprint density at radius 3 is 2.03 bits per heavy atom. The van der Waals surface area contributed by atoms with Crippen molar-refractivity contribution in [3.8, 4) is 0 Å². The molecule has 0 unspecified atom stereocenters. The van der Waals surface area contributed by atoms with Crippen LogP contribution in [0.4, 0.5) is 5.69 Å². The first kappa shape index (κ1) is 20.4. The van der Waals surface area contributed by atoms with E-state index in [-0.39, 0.29) is 11.8 Å². The molecular formula is C26H30N2O2. The lowest BCUT2D eigenvalue weighted by molar-refractivity contribution is -0.120. The summed E-state index contributed by atoms with van der Waals surface area (Å²) in [6, 6.07) is 15.7. The van der Waals surface area contributed by atoms with Crippen molar-refractivity contribution in [2.24, 2.45) is 5.92 Å². The number of nitrogens with zero attached hydrogens (tertiary/aromatic N) is 2. The van der Waals surface area contributed by atoms with Gasteiger partial charge >= 0.3 is 0 Å². The summed E-state index contributed by atoms with van der Waals surface area (Å²) in [5, 5.41) is 0. The lowest BCUT2D eigenvalue weighted by Crippen LogP contribution is -2.38. The van der Waals surface area contributed by atoms with E-state index in [9.17, 15) is 9.59 Å². The van der Waals surface area contributed by atoms with Gasteiger partial charge in [0, 0.05) is 13.1 Å². The Labute approximate surface area is 179 Å². The lowest BCUT2D eigenvalue weighted by Gasteiger charge is -2.32.